The molecule has 0 spiro atoms. The van der Waals surface area contributed by atoms with E-state index < -0.39 is 0 Å². The number of aromatic amines is 1. The Labute approximate surface area is 220 Å². The van der Waals surface area contributed by atoms with Crippen LogP contribution in [0.5, 0.6) is 11.5 Å². The van der Waals surface area contributed by atoms with E-state index in [1.54, 1.807) is 13.3 Å². The minimum absolute atomic E-state index is 0.0521. The van der Waals surface area contributed by atoms with Gasteiger partial charge < -0.3 is 20.1 Å². The molecule has 2 aromatic heterocycles. The quantitative estimate of drug-likeness (QED) is 0.233. The van der Waals surface area contributed by atoms with Crippen LogP contribution in [0, 0.1) is 0 Å². The lowest BCUT2D eigenvalue weighted by Gasteiger charge is -2.13. The predicted molar refractivity (Wildman–Crippen MR) is 148 cm³/mol. The van der Waals surface area contributed by atoms with E-state index in [1.165, 1.54) is 0 Å². The van der Waals surface area contributed by atoms with Crippen molar-refractivity contribution in [3.63, 3.8) is 0 Å². The van der Waals surface area contributed by atoms with Crippen LogP contribution in [0.1, 0.15) is 13.3 Å². The van der Waals surface area contributed by atoms with Crippen LogP contribution in [-0.2, 0) is 4.79 Å². The van der Waals surface area contributed by atoms with Gasteiger partial charge in [-0.15, -0.1) is 0 Å². The number of hydrogen-bond acceptors (Lipinski definition) is 7. The van der Waals surface area contributed by atoms with Gasteiger partial charge in [0.05, 0.1) is 18.8 Å². The number of aromatic nitrogens is 4. The summed E-state index contributed by atoms with van der Waals surface area (Å²) in [5.41, 5.74) is 4.48. The predicted octanol–water partition coefficient (Wildman–Crippen LogP) is 5.34. The highest BCUT2D eigenvalue weighted by Gasteiger charge is 2.13. The van der Waals surface area contributed by atoms with Crippen molar-refractivity contribution in [3.8, 4) is 34.0 Å². The van der Waals surface area contributed by atoms with E-state index in [2.05, 4.69) is 20.8 Å². The fourth-order valence-electron chi connectivity index (χ4n) is 3.94. The topological polar surface area (TPSA) is 114 Å². The number of amides is 1. The Morgan fingerprint density at radius 1 is 0.947 bits per heavy atom. The average molecular weight is 509 g/mol. The van der Waals surface area contributed by atoms with E-state index in [4.69, 9.17) is 19.4 Å². The van der Waals surface area contributed by atoms with Gasteiger partial charge in [-0.05, 0) is 54.4 Å². The van der Waals surface area contributed by atoms with Gasteiger partial charge in [-0.25, -0.2) is 9.97 Å². The first-order chi connectivity index (χ1) is 18.6. The second kappa shape index (κ2) is 11.4. The number of fused-ring (bicyclic) bond motifs is 1. The number of H-pyrrole nitrogens is 1. The number of benzene rings is 3. The highest BCUT2D eigenvalue weighted by atomic mass is 16.5. The second-order valence-electron chi connectivity index (χ2n) is 8.63. The normalized spacial score (nSPS) is 10.8. The monoisotopic (exact) mass is 508 g/mol. The van der Waals surface area contributed by atoms with E-state index in [0.717, 1.165) is 39.7 Å². The SMILES string of the molecule is CCCNC(=O)COc1cccc(-c2nc(Nc3ccc(-c4cn[nH]c4)cc3)c3cc(OC)ccc3n2)c1. The first kappa shape index (κ1) is 24.8. The van der Waals surface area contributed by atoms with Gasteiger partial charge in [0.15, 0.2) is 12.4 Å². The zero-order valence-electron chi connectivity index (χ0n) is 21.2. The molecule has 0 radical (unpaired) electrons. The maximum Gasteiger partial charge on any atom is 0.257 e. The molecule has 0 saturated heterocycles. The molecule has 192 valence electrons. The summed E-state index contributed by atoms with van der Waals surface area (Å²) in [5, 5.41) is 13.9. The Bertz CT molecular complexity index is 1530. The molecular weight excluding hydrogens is 480 g/mol. The van der Waals surface area contributed by atoms with Gasteiger partial charge in [-0.3, -0.25) is 9.89 Å². The molecule has 9 heteroatoms. The Morgan fingerprint density at radius 3 is 2.58 bits per heavy atom. The third-order valence-electron chi connectivity index (χ3n) is 5.92. The number of carbonyl (C=O) groups excluding carboxylic acids is 1. The summed E-state index contributed by atoms with van der Waals surface area (Å²) in [4.78, 5) is 21.6. The van der Waals surface area contributed by atoms with Crippen molar-refractivity contribution < 1.29 is 14.3 Å². The van der Waals surface area contributed by atoms with E-state index in [0.29, 0.717) is 29.7 Å². The number of hydrogen-bond donors (Lipinski definition) is 3. The van der Waals surface area contributed by atoms with Crippen LogP contribution in [0.25, 0.3) is 33.4 Å². The first-order valence-electron chi connectivity index (χ1n) is 12.3. The number of anilines is 2. The largest absolute Gasteiger partial charge is 0.497 e. The van der Waals surface area contributed by atoms with E-state index in [1.807, 2.05) is 79.9 Å². The molecule has 38 heavy (non-hydrogen) atoms. The highest BCUT2D eigenvalue weighted by Crippen LogP contribution is 2.31. The lowest BCUT2D eigenvalue weighted by Crippen LogP contribution is -2.29. The van der Waals surface area contributed by atoms with Crippen molar-refractivity contribution in [1.82, 2.24) is 25.5 Å². The molecule has 0 unspecified atom stereocenters. The zero-order chi connectivity index (χ0) is 26.3. The van der Waals surface area contributed by atoms with E-state index >= 15 is 0 Å². The van der Waals surface area contributed by atoms with Crippen molar-refractivity contribution in [3.05, 3.63) is 79.1 Å². The molecule has 0 aliphatic carbocycles. The number of methoxy groups -OCH3 is 1. The van der Waals surface area contributed by atoms with Gasteiger partial charge in [0.25, 0.3) is 5.91 Å². The molecule has 2 heterocycles. The summed E-state index contributed by atoms with van der Waals surface area (Å²) >= 11 is 0. The summed E-state index contributed by atoms with van der Waals surface area (Å²) in [6.45, 7) is 2.58. The van der Waals surface area contributed by atoms with E-state index in [-0.39, 0.29) is 12.5 Å². The molecule has 0 aliphatic heterocycles. The molecule has 3 aromatic carbocycles. The fraction of sp³-hybridized carbons (Fsp3) is 0.172. The average Bonchev–Trinajstić information content (AvgIpc) is 3.50. The van der Waals surface area contributed by atoms with Crippen LogP contribution in [0.3, 0.4) is 0 Å². The summed E-state index contributed by atoms with van der Waals surface area (Å²) in [6, 6.07) is 21.1. The summed E-state index contributed by atoms with van der Waals surface area (Å²) < 4.78 is 11.2. The van der Waals surface area contributed by atoms with Gasteiger partial charge in [-0.2, -0.15) is 5.10 Å². The summed E-state index contributed by atoms with van der Waals surface area (Å²) in [6.07, 6.45) is 4.51. The van der Waals surface area contributed by atoms with Crippen LogP contribution in [0.4, 0.5) is 11.5 Å². The summed E-state index contributed by atoms with van der Waals surface area (Å²) in [5.74, 6) is 2.30. The third-order valence-corrected chi connectivity index (χ3v) is 5.92. The fourth-order valence-corrected chi connectivity index (χ4v) is 3.94. The van der Waals surface area contributed by atoms with Crippen molar-refractivity contribution in [1.29, 1.82) is 0 Å². The van der Waals surface area contributed by atoms with Crippen LogP contribution in [0.15, 0.2) is 79.1 Å². The first-order valence-corrected chi connectivity index (χ1v) is 12.3. The van der Waals surface area contributed by atoms with Gasteiger partial charge in [-0.1, -0.05) is 31.2 Å². The van der Waals surface area contributed by atoms with Crippen LogP contribution in [0.2, 0.25) is 0 Å². The minimum atomic E-state index is -0.154. The van der Waals surface area contributed by atoms with Gasteiger partial charge in [0.1, 0.15) is 17.3 Å². The maximum atomic E-state index is 12.0. The van der Waals surface area contributed by atoms with E-state index in [9.17, 15) is 4.79 Å². The van der Waals surface area contributed by atoms with Crippen molar-refractivity contribution in [2.75, 3.05) is 25.6 Å². The van der Waals surface area contributed by atoms with Gasteiger partial charge in [0.2, 0.25) is 0 Å². The van der Waals surface area contributed by atoms with Crippen molar-refractivity contribution >= 4 is 28.3 Å². The third kappa shape index (κ3) is 5.73. The standard InChI is InChI=1S/C29H28N6O3/c1-3-13-30-27(36)18-38-24-6-4-5-20(14-24)28-34-26-12-11-23(37-2)15-25(26)29(35-28)33-22-9-7-19(8-10-22)21-16-31-32-17-21/h4-12,14-17H,3,13,18H2,1-2H3,(H,30,36)(H,31,32)(H,33,34,35). The number of nitrogens with zero attached hydrogens (tertiary/aromatic N) is 3. The number of carbonyl (C=O) groups is 1. The van der Waals surface area contributed by atoms with Crippen LogP contribution in [-0.4, -0.2) is 46.3 Å². The summed E-state index contributed by atoms with van der Waals surface area (Å²) in [7, 11) is 1.63. The Balaban J connectivity index is 1.45. The Morgan fingerprint density at radius 2 is 1.82 bits per heavy atom. The molecule has 0 saturated carbocycles. The molecular formula is C29H28N6O3. The molecule has 0 aliphatic rings. The molecule has 1 amide bonds. The molecule has 0 atom stereocenters. The molecule has 3 N–H and O–H groups in total. The number of nitrogens with one attached hydrogen (secondary N) is 3. The van der Waals surface area contributed by atoms with Gasteiger partial charge in [0, 0.05) is 34.9 Å². The molecule has 5 aromatic rings. The molecule has 0 fully saturated rings. The highest BCUT2D eigenvalue weighted by molar-refractivity contribution is 5.93. The number of ether oxygens (including phenoxy) is 2. The van der Waals surface area contributed by atoms with Crippen LogP contribution >= 0.6 is 0 Å². The smallest absolute Gasteiger partial charge is 0.257 e. The number of rotatable bonds is 10. The Kier molecular flexibility index (Phi) is 7.44. The maximum absolute atomic E-state index is 12.0. The lowest BCUT2D eigenvalue weighted by molar-refractivity contribution is -0.123. The molecule has 5 rings (SSSR count). The van der Waals surface area contributed by atoms with Crippen molar-refractivity contribution in [2.24, 2.45) is 0 Å². The Hall–Kier alpha value is -4.92. The minimum Gasteiger partial charge on any atom is -0.497 e. The second-order valence-corrected chi connectivity index (χ2v) is 8.63. The zero-order valence-corrected chi connectivity index (χ0v) is 21.2. The lowest BCUT2D eigenvalue weighted by atomic mass is 10.1. The van der Waals surface area contributed by atoms with Crippen LogP contribution < -0.4 is 20.1 Å². The molecule has 9 nitrogen and oxygen atoms in total. The molecule has 0 bridgehead atoms. The van der Waals surface area contributed by atoms with Crippen molar-refractivity contribution in [2.45, 2.75) is 13.3 Å². The van der Waals surface area contributed by atoms with Gasteiger partial charge >= 0.3 is 0 Å².